The molecule has 3 aromatic rings. The second-order valence-electron chi connectivity index (χ2n) is 9.10. The van der Waals surface area contributed by atoms with Crippen molar-refractivity contribution in [2.75, 3.05) is 5.32 Å². The third-order valence-electron chi connectivity index (χ3n) is 5.46. The highest BCUT2D eigenvalue weighted by Crippen LogP contribution is 2.38. The summed E-state index contributed by atoms with van der Waals surface area (Å²) in [4.78, 5) is 15.4. The first-order valence-electron chi connectivity index (χ1n) is 10.5. The molecule has 4 rings (SSSR count). The van der Waals surface area contributed by atoms with Gasteiger partial charge in [-0.15, -0.1) is 0 Å². The quantitative estimate of drug-likeness (QED) is 0.541. The van der Waals surface area contributed by atoms with Gasteiger partial charge in [-0.05, 0) is 70.4 Å². The van der Waals surface area contributed by atoms with Crippen molar-refractivity contribution in [1.29, 1.82) is 5.26 Å². The number of aromatic nitrogens is 3. The Morgan fingerprint density at radius 2 is 1.91 bits per heavy atom. The molecule has 0 spiro atoms. The van der Waals surface area contributed by atoms with Crippen LogP contribution in [0.5, 0.6) is 0 Å². The Hall–Kier alpha value is -3.16. The summed E-state index contributed by atoms with van der Waals surface area (Å²) in [5.41, 5.74) is 0.385. The van der Waals surface area contributed by atoms with E-state index in [-0.39, 0.29) is 22.4 Å². The first kappa shape index (κ1) is 22.0. The van der Waals surface area contributed by atoms with Crippen LogP contribution in [0, 0.1) is 17.2 Å². The van der Waals surface area contributed by atoms with Crippen molar-refractivity contribution in [2.45, 2.75) is 56.5 Å². The number of aromatic amines is 1. The van der Waals surface area contributed by atoms with Crippen molar-refractivity contribution in [1.82, 2.24) is 19.5 Å². The van der Waals surface area contributed by atoms with Crippen LogP contribution in [0.4, 0.5) is 11.5 Å². The van der Waals surface area contributed by atoms with Gasteiger partial charge in [-0.2, -0.15) is 10.4 Å². The van der Waals surface area contributed by atoms with Gasteiger partial charge >= 0.3 is 0 Å². The molecule has 2 atom stereocenters. The predicted octanol–water partition coefficient (Wildman–Crippen LogP) is 3.41. The number of hydrogen-bond acceptors (Lipinski definition) is 6. The van der Waals surface area contributed by atoms with Crippen LogP contribution in [0.3, 0.4) is 0 Å². The highest BCUT2D eigenvalue weighted by Gasteiger charge is 2.31. The van der Waals surface area contributed by atoms with Crippen molar-refractivity contribution < 1.29 is 8.42 Å². The molecule has 168 valence electrons. The fourth-order valence-corrected chi connectivity index (χ4v) is 5.56. The average Bonchev–Trinajstić information content (AvgIpc) is 3.31. The van der Waals surface area contributed by atoms with Crippen molar-refractivity contribution in [3.63, 3.8) is 0 Å². The van der Waals surface area contributed by atoms with Crippen LogP contribution in [0.25, 0.3) is 10.9 Å². The van der Waals surface area contributed by atoms with Crippen molar-refractivity contribution in [3.8, 4) is 6.07 Å². The van der Waals surface area contributed by atoms with E-state index < -0.39 is 15.6 Å². The second kappa shape index (κ2) is 8.07. The monoisotopic (exact) mass is 454 g/mol. The van der Waals surface area contributed by atoms with E-state index in [1.807, 2.05) is 0 Å². The molecule has 2 aromatic heterocycles. The van der Waals surface area contributed by atoms with Gasteiger partial charge in [0.25, 0.3) is 5.56 Å². The summed E-state index contributed by atoms with van der Waals surface area (Å²) >= 11 is 0. The zero-order chi connectivity index (χ0) is 23.1. The van der Waals surface area contributed by atoms with Crippen LogP contribution in [0.2, 0.25) is 0 Å². The highest BCUT2D eigenvalue weighted by atomic mass is 32.2. The van der Waals surface area contributed by atoms with Gasteiger partial charge in [-0.1, -0.05) is 0 Å². The third kappa shape index (κ3) is 4.26. The molecule has 0 bridgehead atoms. The smallest absolute Gasteiger partial charge is 0.261 e. The molecule has 0 aliphatic heterocycles. The van der Waals surface area contributed by atoms with Crippen LogP contribution in [0.15, 0.2) is 46.2 Å². The molecular weight excluding hydrogens is 428 g/mol. The summed E-state index contributed by atoms with van der Waals surface area (Å²) in [6, 6.07) is 10.3. The fraction of sp³-hybridized carbons (Fsp3) is 0.409. The normalized spacial score (nSPS) is 19.2. The summed E-state index contributed by atoms with van der Waals surface area (Å²) in [5, 5.41) is 17.7. The largest absolute Gasteiger partial charge is 0.338 e. The van der Waals surface area contributed by atoms with Gasteiger partial charge in [-0.3, -0.25) is 9.48 Å². The van der Waals surface area contributed by atoms with Gasteiger partial charge in [0, 0.05) is 17.4 Å². The van der Waals surface area contributed by atoms with Crippen molar-refractivity contribution in [3.05, 3.63) is 46.9 Å². The minimum absolute atomic E-state index is 0.0872. The third-order valence-corrected chi connectivity index (χ3v) is 7.23. The van der Waals surface area contributed by atoms with Gasteiger partial charge in [0.1, 0.15) is 5.39 Å². The maximum Gasteiger partial charge on any atom is 0.261 e. The van der Waals surface area contributed by atoms with E-state index in [2.05, 4.69) is 26.2 Å². The molecule has 10 heteroatoms. The Kier molecular flexibility index (Phi) is 5.56. The molecule has 3 N–H and O–H groups in total. The Morgan fingerprint density at radius 1 is 1.19 bits per heavy atom. The van der Waals surface area contributed by atoms with E-state index in [0.29, 0.717) is 22.4 Å². The lowest BCUT2D eigenvalue weighted by Crippen LogP contribution is -2.40. The zero-order valence-electron chi connectivity index (χ0n) is 18.2. The number of rotatable bonds is 5. The van der Waals surface area contributed by atoms with Gasteiger partial charge in [0.15, 0.2) is 5.82 Å². The molecule has 1 aliphatic carbocycles. The summed E-state index contributed by atoms with van der Waals surface area (Å²) < 4.78 is 29.5. The highest BCUT2D eigenvalue weighted by molar-refractivity contribution is 7.89. The first-order chi connectivity index (χ1) is 15.1. The summed E-state index contributed by atoms with van der Waals surface area (Å²) in [6.07, 6.45) is 4.15. The van der Waals surface area contributed by atoms with Crippen molar-refractivity contribution in [2.24, 2.45) is 5.92 Å². The Bertz CT molecular complexity index is 1340. The first-order valence-corrected chi connectivity index (χ1v) is 12.0. The molecule has 1 fully saturated rings. The van der Waals surface area contributed by atoms with Crippen LogP contribution < -0.4 is 15.6 Å². The molecule has 9 nitrogen and oxygen atoms in total. The number of fused-ring (bicyclic) bond motifs is 1. The number of anilines is 2. The SMILES string of the molecule is CC(C)(C)NS(=O)(=O)c1ccc(Nc2nn([C@H]3CCCC3C#N)c3cc[nH]c(=O)c23)cc1. The molecule has 0 saturated heterocycles. The Morgan fingerprint density at radius 3 is 2.56 bits per heavy atom. The number of sulfonamides is 1. The minimum atomic E-state index is -3.65. The standard InChI is InChI=1S/C22H26N6O3S/c1-22(2,3)27-32(30,31)16-9-7-15(8-10-16)25-20-19-18(11-12-24-21(19)29)28(26-20)17-6-4-5-14(17)13-23/h7-12,14,17,27H,4-6H2,1-3H3,(H,24,29)(H,25,26)/t14?,17-/m0/s1. The summed E-state index contributed by atoms with van der Waals surface area (Å²) in [7, 11) is -3.65. The topological polar surface area (TPSA) is 133 Å². The zero-order valence-corrected chi connectivity index (χ0v) is 19.0. The van der Waals surface area contributed by atoms with Crippen LogP contribution in [-0.2, 0) is 10.0 Å². The molecule has 1 aliphatic rings. The lowest BCUT2D eigenvalue weighted by atomic mass is 10.1. The molecule has 1 aromatic carbocycles. The van der Waals surface area contributed by atoms with E-state index in [1.165, 1.54) is 12.1 Å². The molecular formula is C22H26N6O3S. The molecule has 1 unspecified atom stereocenters. The molecule has 0 radical (unpaired) electrons. The lowest BCUT2D eigenvalue weighted by molar-refractivity contribution is 0.423. The maximum atomic E-state index is 12.6. The summed E-state index contributed by atoms with van der Waals surface area (Å²) in [6.45, 7) is 5.34. The Labute approximate surface area is 186 Å². The fourth-order valence-electron chi connectivity index (χ4n) is 4.14. The van der Waals surface area contributed by atoms with Gasteiger partial charge < -0.3 is 10.3 Å². The van der Waals surface area contributed by atoms with Crippen LogP contribution >= 0.6 is 0 Å². The van der Waals surface area contributed by atoms with Crippen LogP contribution in [-0.4, -0.2) is 28.7 Å². The van der Waals surface area contributed by atoms with E-state index in [1.54, 1.807) is 49.8 Å². The molecule has 0 amide bonds. The second-order valence-corrected chi connectivity index (χ2v) is 10.8. The molecule has 2 heterocycles. The van der Waals surface area contributed by atoms with E-state index in [4.69, 9.17) is 0 Å². The number of nitrogens with one attached hydrogen (secondary N) is 3. The van der Waals surface area contributed by atoms with Crippen molar-refractivity contribution >= 4 is 32.4 Å². The van der Waals surface area contributed by atoms with Gasteiger partial charge in [0.05, 0.1) is 28.4 Å². The van der Waals surface area contributed by atoms with E-state index in [0.717, 1.165) is 19.3 Å². The van der Waals surface area contributed by atoms with Gasteiger partial charge in [0.2, 0.25) is 10.0 Å². The number of benzene rings is 1. The summed E-state index contributed by atoms with van der Waals surface area (Å²) in [5.74, 6) is 0.221. The lowest BCUT2D eigenvalue weighted by Gasteiger charge is -2.20. The number of hydrogen-bond donors (Lipinski definition) is 3. The minimum Gasteiger partial charge on any atom is -0.338 e. The van der Waals surface area contributed by atoms with Crippen LogP contribution in [0.1, 0.15) is 46.1 Å². The number of pyridine rings is 1. The number of nitrogens with zero attached hydrogens (tertiary/aromatic N) is 3. The number of nitriles is 1. The number of H-pyrrole nitrogens is 1. The molecule has 1 saturated carbocycles. The van der Waals surface area contributed by atoms with E-state index >= 15 is 0 Å². The molecule has 32 heavy (non-hydrogen) atoms. The predicted molar refractivity (Wildman–Crippen MR) is 122 cm³/mol. The van der Waals surface area contributed by atoms with E-state index in [9.17, 15) is 18.5 Å². The van der Waals surface area contributed by atoms with Gasteiger partial charge in [-0.25, -0.2) is 13.1 Å². The maximum absolute atomic E-state index is 12.6. The Balaban J connectivity index is 1.68. The average molecular weight is 455 g/mol.